The second-order valence-corrected chi connectivity index (χ2v) is 4.09. The Morgan fingerprint density at radius 2 is 1.95 bits per heavy atom. The first kappa shape index (κ1) is 13.7. The molecule has 2 N–H and O–H groups in total. The zero-order chi connectivity index (χ0) is 14.5. The fourth-order valence-electron chi connectivity index (χ4n) is 1.46. The van der Waals surface area contributed by atoms with Crippen LogP contribution < -0.4 is 10.6 Å². The third kappa shape index (κ3) is 3.64. The highest BCUT2D eigenvalue weighted by atomic mass is 19.1. The van der Waals surface area contributed by atoms with Crippen LogP contribution in [0.5, 0.6) is 0 Å². The molecule has 0 aliphatic rings. The molecule has 2 amide bonds. The highest BCUT2D eigenvalue weighted by Gasteiger charge is 2.15. The first-order valence-corrected chi connectivity index (χ1v) is 5.81. The minimum atomic E-state index is -0.847. The summed E-state index contributed by atoms with van der Waals surface area (Å²) in [4.78, 5) is 23.1. The summed E-state index contributed by atoms with van der Waals surface area (Å²) in [6.45, 7) is 1.79. The Labute approximate surface area is 114 Å². The van der Waals surface area contributed by atoms with Gasteiger partial charge in [0.1, 0.15) is 11.6 Å². The molecule has 1 aromatic carbocycles. The van der Waals surface area contributed by atoms with Crippen molar-refractivity contribution in [2.24, 2.45) is 0 Å². The number of hydrogen-bond acceptors (Lipinski definition) is 4. The molecule has 2 aromatic rings. The molecule has 0 saturated heterocycles. The van der Waals surface area contributed by atoms with E-state index in [0.29, 0.717) is 11.3 Å². The van der Waals surface area contributed by atoms with E-state index in [9.17, 15) is 14.0 Å². The monoisotopic (exact) mass is 277 g/mol. The molecular formula is C13H12FN3O3. The van der Waals surface area contributed by atoms with E-state index in [4.69, 9.17) is 4.52 Å². The maximum Gasteiger partial charge on any atom is 0.314 e. The summed E-state index contributed by atoms with van der Waals surface area (Å²) >= 11 is 0. The summed E-state index contributed by atoms with van der Waals surface area (Å²) in [7, 11) is 0. The molecule has 6 nitrogen and oxygen atoms in total. The van der Waals surface area contributed by atoms with Crippen molar-refractivity contribution in [1.29, 1.82) is 0 Å². The number of nitrogens with one attached hydrogen (secondary N) is 2. The van der Waals surface area contributed by atoms with Crippen molar-refractivity contribution in [3.63, 3.8) is 0 Å². The van der Waals surface area contributed by atoms with Crippen molar-refractivity contribution < 1.29 is 18.5 Å². The van der Waals surface area contributed by atoms with Gasteiger partial charge in [0.05, 0.1) is 0 Å². The molecule has 0 aliphatic carbocycles. The molecule has 0 aliphatic heterocycles. The zero-order valence-corrected chi connectivity index (χ0v) is 10.6. The summed E-state index contributed by atoms with van der Waals surface area (Å²) in [5.41, 5.74) is 0.685. The fourth-order valence-corrected chi connectivity index (χ4v) is 1.46. The molecular weight excluding hydrogens is 265 g/mol. The molecule has 0 fully saturated rings. The van der Waals surface area contributed by atoms with Crippen LogP contribution in [0.15, 0.2) is 34.9 Å². The van der Waals surface area contributed by atoms with Crippen LogP contribution in [0.25, 0.3) is 0 Å². The lowest BCUT2D eigenvalue weighted by Gasteiger charge is -2.04. The summed E-state index contributed by atoms with van der Waals surface area (Å²) in [6, 6.07) is 7.09. The summed E-state index contributed by atoms with van der Waals surface area (Å²) in [5, 5.41) is 8.24. The van der Waals surface area contributed by atoms with Gasteiger partial charge in [-0.1, -0.05) is 17.3 Å². The molecule has 0 radical (unpaired) electrons. The average molecular weight is 277 g/mol. The van der Waals surface area contributed by atoms with Crippen LogP contribution in [0.1, 0.15) is 11.3 Å². The molecule has 2 rings (SSSR count). The third-order valence-electron chi connectivity index (χ3n) is 2.44. The maximum atomic E-state index is 12.7. The number of anilines is 1. The standard InChI is InChI=1S/C13H12FN3O3/c1-8-6-11(17-20-8)16-13(19)12(18)15-7-9-2-4-10(14)5-3-9/h2-6H,7H2,1H3,(H,15,18)(H,16,17,19). The number of hydrogen-bond donors (Lipinski definition) is 2. The van der Waals surface area contributed by atoms with Crippen LogP contribution in [0.3, 0.4) is 0 Å². The third-order valence-corrected chi connectivity index (χ3v) is 2.44. The first-order valence-electron chi connectivity index (χ1n) is 5.81. The van der Waals surface area contributed by atoms with E-state index in [1.165, 1.54) is 30.3 Å². The number of amides is 2. The van der Waals surface area contributed by atoms with Gasteiger partial charge in [0, 0.05) is 12.6 Å². The average Bonchev–Trinajstić information content (AvgIpc) is 2.83. The van der Waals surface area contributed by atoms with Crippen molar-refractivity contribution in [2.45, 2.75) is 13.5 Å². The Kier molecular flexibility index (Phi) is 4.09. The number of carbonyl (C=O) groups excluding carboxylic acids is 2. The topological polar surface area (TPSA) is 84.2 Å². The number of rotatable bonds is 3. The number of nitrogens with zero attached hydrogens (tertiary/aromatic N) is 1. The Morgan fingerprint density at radius 1 is 1.25 bits per heavy atom. The molecule has 0 saturated carbocycles. The van der Waals surface area contributed by atoms with Crippen LogP contribution in [0.4, 0.5) is 10.2 Å². The van der Waals surface area contributed by atoms with Gasteiger partial charge in [-0.2, -0.15) is 0 Å². The normalized spacial score (nSPS) is 10.1. The fraction of sp³-hybridized carbons (Fsp3) is 0.154. The van der Waals surface area contributed by atoms with E-state index < -0.39 is 11.8 Å². The van der Waals surface area contributed by atoms with E-state index in [0.717, 1.165) is 0 Å². The zero-order valence-electron chi connectivity index (χ0n) is 10.6. The number of aromatic nitrogens is 1. The van der Waals surface area contributed by atoms with Crippen molar-refractivity contribution in [1.82, 2.24) is 10.5 Å². The molecule has 0 bridgehead atoms. The Balaban J connectivity index is 1.85. The predicted molar refractivity (Wildman–Crippen MR) is 68.1 cm³/mol. The molecule has 1 aromatic heterocycles. The van der Waals surface area contributed by atoms with Crippen molar-refractivity contribution in [2.75, 3.05) is 5.32 Å². The lowest BCUT2D eigenvalue weighted by Crippen LogP contribution is -2.35. The summed E-state index contributed by atoms with van der Waals surface area (Å²) < 4.78 is 17.4. The van der Waals surface area contributed by atoms with Crippen LogP contribution >= 0.6 is 0 Å². The number of aryl methyl sites for hydroxylation is 1. The quantitative estimate of drug-likeness (QED) is 0.830. The van der Waals surface area contributed by atoms with Crippen LogP contribution in [0.2, 0.25) is 0 Å². The summed E-state index contributed by atoms with van der Waals surface area (Å²) in [5.74, 6) is -1.33. The predicted octanol–water partition coefficient (Wildman–Crippen LogP) is 1.38. The van der Waals surface area contributed by atoms with Gasteiger partial charge >= 0.3 is 11.8 Å². The van der Waals surface area contributed by atoms with Gasteiger partial charge in [0.15, 0.2) is 5.82 Å². The van der Waals surface area contributed by atoms with Crippen LogP contribution in [0, 0.1) is 12.7 Å². The number of benzene rings is 1. The Hall–Kier alpha value is -2.70. The van der Waals surface area contributed by atoms with Crippen molar-refractivity contribution in [3.05, 3.63) is 47.5 Å². The molecule has 1 heterocycles. The lowest BCUT2D eigenvalue weighted by molar-refractivity contribution is -0.136. The summed E-state index contributed by atoms with van der Waals surface area (Å²) in [6.07, 6.45) is 0. The van der Waals surface area contributed by atoms with Gasteiger partial charge in [-0.15, -0.1) is 0 Å². The van der Waals surface area contributed by atoms with Crippen LogP contribution in [-0.4, -0.2) is 17.0 Å². The highest BCUT2D eigenvalue weighted by molar-refractivity contribution is 6.39. The van der Waals surface area contributed by atoms with Gasteiger partial charge in [-0.25, -0.2) is 4.39 Å². The first-order chi connectivity index (χ1) is 9.54. The van der Waals surface area contributed by atoms with Crippen LogP contribution in [-0.2, 0) is 16.1 Å². The minimum Gasteiger partial charge on any atom is -0.360 e. The molecule has 0 atom stereocenters. The smallest absolute Gasteiger partial charge is 0.314 e. The number of carbonyl (C=O) groups is 2. The minimum absolute atomic E-state index is 0.129. The van der Waals surface area contributed by atoms with Gasteiger partial charge in [-0.05, 0) is 24.6 Å². The van der Waals surface area contributed by atoms with E-state index >= 15 is 0 Å². The number of halogens is 1. The van der Waals surface area contributed by atoms with Gasteiger partial charge < -0.3 is 9.84 Å². The molecule has 0 spiro atoms. The van der Waals surface area contributed by atoms with E-state index in [1.807, 2.05) is 0 Å². The molecule has 104 valence electrons. The maximum absolute atomic E-state index is 12.7. The Morgan fingerprint density at radius 3 is 2.55 bits per heavy atom. The van der Waals surface area contributed by atoms with Gasteiger partial charge in [0.25, 0.3) is 0 Å². The Bertz CT molecular complexity index is 622. The van der Waals surface area contributed by atoms with Gasteiger partial charge in [-0.3, -0.25) is 14.9 Å². The van der Waals surface area contributed by atoms with E-state index in [1.54, 1.807) is 6.92 Å². The largest absolute Gasteiger partial charge is 0.360 e. The molecule has 0 unspecified atom stereocenters. The highest BCUT2D eigenvalue weighted by Crippen LogP contribution is 2.06. The van der Waals surface area contributed by atoms with Gasteiger partial charge in [0.2, 0.25) is 0 Å². The van der Waals surface area contributed by atoms with E-state index in [-0.39, 0.29) is 18.2 Å². The second-order valence-electron chi connectivity index (χ2n) is 4.09. The van der Waals surface area contributed by atoms with Crippen molar-refractivity contribution in [3.8, 4) is 0 Å². The van der Waals surface area contributed by atoms with E-state index in [2.05, 4.69) is 15.8 Å². The lowest BCUT2D eigenvalue weighted by atomic mass is 10.2. The molecule has 7 heteroatoms. The SMILES string of the molecule is Cc1cc(NC(=O)C(=O)NCc2ccc(F)cc2)no1. The molecule has 20 heavy (non-hydrogen) atoms. The van der Waals surface area contributed by atoms with Crippen molar-refractivity contribution >= 4 is 17.6 Å². The second kappa shape index (κ2) is 5.96.